The molecule has 0 bridgehead atoms. The highest BCUT2D eigenvalue weighted by Crippen LogP contribution is 2.70. The summed E-state index contributed by atoms with van der Waals surface area (Å²) >= 11 is 0. The van der Waals surface area contributed by atoms with E-state index in [1.165, 1.54) is 51.4 Å². The van der Waals surface area contributed by atoms with Gasteiger partial charge in [-0.3, -0.25) is 0 Å². The zero-order valence-corrected chi connectivity index (χ0v) is 20.5. The molecule has 2 aliphatic heterocycles. The fraction of sp³-hybridized carbons (Fsp3) is 0.929. The second-order valence-corrected chi connectivity index (χ2v) is 12.9. The second kappa shape index (κ2) is 7.06. The molecule has 31 heavy (non-hydrogen) atoms. The molecule has 0 N–H and O–H groups in total. The Morgan fingerprint density at radius 2 is 1.87 bits per heavy atom. The molecule has 6 aliphatic rings. The number of methoxy groups -OCH3 is 1. The molecule has 174 valence electrons. The van der Waals surface area contributed by atoms with Gasteiger partial charge in [0, 0.05) is 19.4 Å². The minimum Gasteiger partial charge on any atom is -0.381 e. The van der Waals surface area contributed by atoms with Gasteiger partial charge in [-0.25, -0.2) is 0 Å². The van der Waals surface area contributed by atoms with Crippen LogP contribution in [0.25, 0.3) is 0 Å². The summed E-state index contributed by atoms with van der Waals surface area (Å²) in [6, 6.07) is 0. The van der Waals surface area contributed by atoms with Crippen molar-refractivity contribution in [2.75, 3.05) is 13.7 Å². The van der Waals surface area contributed by atoms with E-state index in [1.54, 1.807) is 5.57 Å². The highest BCUT2D eigenvalue weighted by atomic mass is 16.7. The molecule has 3 heteroatoms. The summed E-state index contributed by atoms with van der Waals surface area (Å²) in [5.41, 5.74) is 2.56. The molecule has 2 saturated heterocycles. The molecule has 3 saturated carbocycles. The Morgan fingerprint density at radius 3 is 2.61 bits per heavy atom. The van der Waals surface area contributed by atoms with E-state index in [0.717, 1.165) is 30.8 Å². The lowest BCUT2D eigenvalue weighted by Gasteiger charge is -2.58. The average molecular weight is 429 g/mol. The summed E-state index contributed by atoms with van der Waals surface area (Å²) in [4.78, 5) is 0. The number of ether oxygens (including phenoxy) is 3. The Bertz CT molecular complexity index is 751. The molecule has 6 rings (SSSR count). The molecule has 0 aromatic rings. The minimum absolute atomic E-state index is 0.281. The summed E-state index contributed by atoms with van der Waals surface area (Å²) in [5.74, 6) is 4.12. The summed E-state index contributed by atoms with van der Waals surface area (Å²) in [7, 11) is 1.90. The molecule has 2 heterocycles. The van der Waals surface area contributed by atoms with Crippen molar-refractivity contribution in [3.05, 3.63) is 11.6 Å². The standard InChI is InChI=1S/C28H44O3/c1-17-8-13-28(30-16-17)18(2)25-24(31-28)15-23-21-7-6-19-14-20(29-5)9-11-26(19,3)22(21)10-12-27(23,25)4/h6,17-18,20-25H,7-16H2,1-5H3/t17-,18+,20?,21-,22+,23+,24+,25+,26+,27+,28?/m1/s1. The van der Waals surface area contributed by atoms with Crippen molar-refractivity contribution in [3.8, 4) is 0 Å². The number of hydrogen-bond acceptors (Lipinski definition) is 3. The molecule has 0 amide bonds. The average Bonchev–Trinajstić information content (AvgIpc) is 3.20. The van der Waals surface area contributed by atoms with E-state index in [2.05, 4.69) is 33.8 Å². The predicted molar refractivity (Wildman–Crippen MR) is 122 cm³/mol. The van der Waals surface area contributed by atoms with Gasteiger partial charge in [-0.15, -0.1) is 0 Å². The first kappa shape index (κ1) is 21.2. The van der Waals surface area contributed by atoms with Crippen molar-refractivity contribution in [2.24, 2.45) is 46.3 Å². The Hall–Kier alpha value is -0.380. The van der Waals surface area contributed by atoms with Crippen LogP contribution in [0, 0.1) is 46.3 Å². The molecule has 4 aliphatic carbocycles. The Kier molecular flexibility index (Phi) is 4.82. The molecule has 0 radical (unpaired) electrons. The van der Waals surface area contributed by atoms with Gasteiger partial charge < -0.3 is 14.2 Å². The molecule has 5 fully saturated rings. The van der Waals surface area contributed by atoms with Crippen LogP contribution in [-0.2, 0) is 14.2 Å². The molecule has 2 unspecified atom stereocenters. The SMILES string of the molecule is COC1CC[C@@]2(C)C(=CC[C@H]3[C@@H]4C[C@@H]5OC6(CC[C@@H](C)CO6)[C@@H](C)[C@@H]5[C@@]4(C)CC[C@@H]32)C1. The first-order valence-electron chi connectivity index (χ1n) is 13.3. The third kappa shape index (κ3) is 2.81. The first-order valence-corrected chi connectivity index (χ1v) is 13.3. The molecular weight excluding hydrogens is 384 g/mol. The normalized spacial score (nSPS) is 58.3. The zero-order valence-electron chi connectivity index (χ0n) is 20.5. The van der Waals surface area contributed by atoms with Gasteiger partial charge in [-0.2, -0.15) is 0 Å². The largest absolute Gasteiger partial charge is 0.381 e. The van der Waals surface area contributed by atoms with Crippen LogP contribution in [0.3, 0.4) is 0 Å². The zero-order chi connectivity index (χ0) is 21.6. The molecule has 0 aromatic heterocycles. The van der Waals surface area contributed by atoms with Crippen molar-refractivity contribution in [3.63, 3.8) is 0 Å². The van der Waals surface area contributed by atoms with Gasteiger partial charge in [0.1, 0.15) is 0 Å². The third-order valence-electron chi connectivity index (χ3n) is 11.7. The van der Waals surface area contributed by atoms with E-state index in [4.69, 9.17) is 14.2 Å². The fourth-order valence-electron chi connectivity index (χ4n) is 9.85. The highest BCUT2D eigenvalue weighted by molar-refractivity contribution is 5.26. The first-order chi connectivity index (χ1) is 14.8. The van der Waals surface area contributed by atoms with Gasteiger partial charge in [-0.1, -0.05) is 39.3 Å². The summed E-state index contributed by atoms with van der Waals surface area (Å²) in [6.07, 6.45) is 14.9. The number of rotatable bonds is 1. The second-order valence-electron chi connectivity index (χ2n) is 12.9. The minimum atomic E-state index is -0.281. The van der Waals surface area contributed by atoms with Crippen molar-refractivity contribution >= 4 is 0 Å². The van der Waals surface area contributed by atoms with Crippen molar-refractivity contribution < 1.29 is 14.2 Å². The molecule has 11 atom stereocenters. The van der Waals surface area contributed by atoms with Crippen molar-refractivity contribution in [2.45, 2.75) is 103 Å². The van der Waals surface area contributed by atoms with Crippen LogP contribution in [0.1, 0.15) is 85.5 Å². The summed E-state index contributed by atoms with van der Waals surface area (Å²) in [6.45, 7) is 10.9. The number of allylic oxidation sites excluding steroid dienone is 1. The Labute approximate surface area is 189 Å². The van der Waals surface area contributed by atoms with Crippen LogP contribution in [0.4, 0.5) is 0 Å². The molecule has 0 aromatic carbocycles. The van der Waals surface area contributed by atoms with Crippen LogP contribution in [0.15, 0.2) is 11.6 Å². The summed E-state index contributed by atoms with van der Waals surface area (Å²) in [5, 5.41) is 0. The van der Waals surface area contributed by atoms with Gasteiger partial charge in [0.05, 0.1) is 18.8 Å². The third-order valence-corrected chi connectivity index (χ3v) is 11.7. The van der Waals surface area contributed by atoms with Gasteiger partial charge in [0.25, 0.3) is 0 Å². The smallest absolute Gasteiger partial charge is 0.171 e. The number of hydrogen-bond donors (Lipinski definition) is 0. The van der Waals surface area contributed by atoms with E-state index in [-0.39, 0.29) is 5.79 Å². The van der Waals surface area contributed by atoms with E-state index >= 15 is 0 Å². The quantitative estimate of drug-likeness (QED) is 0.454. The van der Waals surface area contributed by atoms with Gasteiger partial charge in [0.15, 0.2) is 5.79 Å². The molecule has 1 spiro atoms. The van der Waals surface area contributed by atoms with Crippen molar-refractivity contribution in [1.29, 1.82) is 0 Å². The van der Waals surface area contributed by atoms with Crippen LogP contribution >= 0.6 is 0 Å². The fourth-order valence-corrected chi connectivity index (χ4v) is 9.85. The Balaban J connectivity index is 1.27. The van der Waals surface area contributed by atoms with Crippen molar-refractivity contribution in [1.82, 2.24) is 0 Å². The lowest BCUT2D eigenvalue weighted by Crippen LogP contribution is -2.52. The summed E-state index contributed by atoms with van der Waals surface area (Å²) < 4.78 is 19.2. The molecular formula is C28H44O3. The van der Waals surface area contributed by atoms with E-state index in [9.17, 15) is 0 Å². The molecule has 3 nitrogen and oxygen atoms in total. The lowest BCUT2D eigenvalue weighted by atomic mass is 9.47. The Morgan fingerprint density at radius 1 is 1.03 bits per heavy atom. The monoisotopic (exact) mass is 428 g/mol. The van der Waals surface area contributed by atoms with Crippen LogP contribution < -0.4 is 0 Å². The van der Waals surface area contributed by atoms with Gasteiger partial charge in [-0.05, 0) is 91.8 Å². The van der Waals surface area contributed by atoms with Crippen LogP contribution in [0.2, 0.25) is 0 Å². The van der Waals surface area contributed by atoms with Crippen LogP contribution in [0.5, 0.6) is 0 Å². The maximum atomic E-state index is 6.92. The van der Waals surface area contributed by atoms with E-state index in [0.29, 0.717) is 40.8 Å². The highest BCUT2D eigenvalue weighted by Gasteiger charge is 2.68. The maximum Gasteiger partial charge on any atom is 0.171 e. The maximum absolute atomic E-state index is 6.92. The van der Waals surface area contributed by atoms with Gasteiger partial charge >= 0.3 is 0 Å². The van der Waals surface area contributed by atoms with E-state index < -0.39 is 0 Å². The topological polar surface area (TPSA) is 27.7 Å². The lowest BCUT2D eigenvalue weighted by molar-refractivity contribution is -0.272. The van der Waals surface area contributed by atoms with Gasteiger partial charge in [0.2, 0.25) is 0 Å². The van der Waals surface area contributed by atoms with E-state index in [1.807, 2.05) is 7.11 Å². The van der Waals surface area contributed by atoms with Crippen LogP contribution in [-0.4, -0.2) is 31.7 Å². The predicted octanol–water partition coefficient (Wildman–Crippen LogP) is 6.37. The number of fused-ring (bicyclic) bond motifs is 7.